The molecule has 0 spiro atoms. The van der Waals surface area contributed by atoms with E-state index in [1.165, 1.54) is 17.7 Å². The average Bonchev–Trinajstić information content (AvgIpc) is 3.23. The lowest BCUT2D eigenvalue weighted by Crippen LogP contribution is -2.40. The highest BCUT2D eigenvalue weighted by Crippen LogP contribution is 2.25. The van der Waals surface area contributed by atoms with Crippen molar-refractivity contribution in [2.24, 2.45) is 5.92 Å². The van der Waals surface area contributed by atoms with E-state index in [1.807, 2.05) is 36.4 Å². The molecule has 0 bridgehead atoms. The number of para-hydroxylation sites is 2. The first-order valence-electron chi connectivity index (χ1n) is 11.9. The third-order valence-corrected chi connectivity index (χ3v) is 6.59. The molecule has 1 fully saturated rings. The molecule has 3 aromatic carbocycles. The number of aromatic nitrogens is 2. The van der Waals surface area contributed by atoms with Crippen LogP contribution in [-0.4, -0.2) is 33.4 Å². The number of aryl methyl sites for hydroxylation is 1. The maximum atomic E-state index is 13.6. The number of carbonyl (C=O) groups is 1. The van der Waals surface area contributed by atoms with Crippen LogP contribution in [0.4, 0.5) is 10.1 Å². The van der Waals surface area contributed by atoms with Crippen LogP contribution in [0.2, 0.25) is 0 Å². The second-order valence-electron chi connectivity index (χ2n) is 8.94. The number of benzene rings is 3. The van der Waals surface area contributed by atoms with Crippen LogP contribution in [0.1, 0.15) is 31.2 Å². The fourth-order valence-electron chi connectivity index (χ4n) is 4.74. The minimum Gasteiger partial charge on any atom is -0.326 e. The highest BCUT2D eigenvalue weighted by atomic mass is 19.1. The number of rotatable bonds is 6. The predicted molar refractivity (Wildman–Crippen MR) is 133 cm³/mol. The van der Waals surface area contributed by atoms with Crippen LogP contribution in [0.5, 0.6) is 0 Å². The molecule has 1 atom stereocenters. The molecule has 174 valence electrons. The van der Waals surface area contributed by atoms with Crippen molar-refractivity contribution in [2.45, 2.75) is 32.7 Å². The third kappa shape index (κ3) is 4.73. The number of amides is 1. The van der Waals surface area contributed by atoms with E-state index in [1.54, 1.807) is 12.1 Å². The minimum atomic E-state index is -0.260. The Balaban J connectivity index is 1.34. The molecule has 0 saturated carbocycles. The molecule has 6 heteroatoms. The van der Waals surface area contributed by atoms with Gasteiger partial charge in [0.1, 0.15) is 11.6 Å². The van der Waals surface area contributed by atoms with Crippen molar-refractivity contribution < 1.29 is 9.18 Å². The van der Waals surface area contributed by atoms with Crippen LogP contribution in [0.25, 0.3) is 16.7 Å². The summed E-state index contributed by atoms with van der Waals surface area (Å²) in [7, 11) is 0. The molecule has 0 radical (unpaired) electrons. The number of nitrogens with one attached hydrogen (secondary N) is 1. The number of imidazole rings is 1. The van der Waals surface area contributed by atoms with Gasteiger partial charge in [-0.05, 0) is 79.9 Å². The van der Waals surface area contributed by atoms with Crippen LogP contribution >= 0.6 is 0 Å². The van der Waals surface area contributed by atoms with E-state index in [2.05, 4.69) is 33.8 Å². The fourth-order valence-corrected chi connectivity index (χ4v) is 4.74. The zero-order valence-electron chi connectivity index (χ0n) is 19.4. The van der Waals surface area contributed by atoms with Crippen molar-refractivity contribution in [3.8, 4) is 5.69 Å². The number of likely N-dealkylation sites (tertiary alicyclic amines) is 1. The van der Waals surface area contributed by atoms with Crippen LogP contribution in [-0.2, 0) is 17.8 Å². The van der Waals surface area contributed by atoms with Crippen LogP contribution in [0, 0.1) is 11.7 Å². The summed E-state index contributed by atoms with van der Waals surface area (Å²) in [6.07, 6.45) is 2.82. The second-order valence-corrected chi connectivity index (χ2v) is 8.94. The summed E-state index contributed by atoms with van der Waals surface area (Å²) < 4.78 is 15.6. The molecule has 1 N–H and O–H groups in total. The third-order valence-electron chi connectivity index (χ3n) is 6.59. The smallest absolute Gasteiger partial charge is 0.228 e. The number of piperidine rings is 1. The molecule has 4 aromatic rings. The van der Waals surface area contributed by atoms with Gasteiger partial charge in [0.15, 0.2) is 0 Å². The van der Waals surface area contributed by atoms with Crippen molar-refractivity contribution in [3.63, 3.8) is 0 Å². The molecule has 5 nitrogen and oxygen atoms in total. The van der Waals surface area contributed by atoms with Gasteiger partial charge in [0.2, 0.25) is 5.91 Å². The van der Waals surface area contributed by atoms with Crippen molar-refractivity contribution >= 4 is 22.6 Å². The quantitative estimate of drug-likeness (QED) is 0.412. The Hall–Kier alpha value is -3.51. The molecule has 5 rings (SSSR count). The van der Waals surface area contributed by atoms with Crippen molar-refractivity contribution in [3.05, 3.63) is 90.0 Å². The van der Waals surface area contributed by atoms with Crippen LogP contribution < -0.4 is 5.32 Å². The van der Waals surface area contributed by atoms with Gasteiger partial charge in [-0.25, -0.2) is 9.37 Å². The number of carbonyl (C=O) groups excluding carboxylic acids is 1. The van der Waals surface area contributed by atoms with E-state index < -0.39 is 0 Å². The van der Waals surface area contributed by atoms with Gasteiger partial charge in [-0.15, -0.1) is 0 Å². The number of fused-ring (bicyclic) bond motifs is 1. The molecule has 1 aliphatic rings. The lowest BCUT2D eigenvalue weighted by atomic mass is 9.97. The number of anilines is 1. The molecule has 0 unspecified atom stereocenters. The van der Waals surface area contributed by atoms with Gasteiger partial charge < -0.3 is 5.32 Å². The second kappa shape index (κ2) is 9.77. The zero-order chi connectivity index (χ0) is 23.5. The summed E-state index contributed by atoms with van der Waals surface area (Å²) >= 11 is 0. The number of hydrogen-bond donors (Lipinski definition) is 1. The Labute approximate surface area is 199 Å². The molecule has 34 heavy (non-hydrogen) atoms. The number of halogens is 1. The van der Waals surface area contributed by atoms with Crippen molar-refractivity contribution in [1.82, 2.24) is 14.5 Å². The standard InChI is InChI=1S/C28H29FN4O/c1-2-20-9-13-23(14-10-20)30-28(34)21-6-5-17-32(18-21)19-27-31-25-7-3-4-8-26(25)33(27)24-15-11-22(29)12-16-24/h3-4,7-16,21H,2,5-6,17-19H2,1H3,(H,30,34)/t21-/m0/s1. The summed E-state index contributed by atoms with van der Waals surface area (Å²) in [5.41, 5.74) is 4.88. The predicted octanol–water partition coefficient (Wildman–Crippen LogP) is 5.58. The lowest BCUT2D eigenvalue weighted by molar-refractivity contribution is -0.121. The van der Waals surface area contributed by atoms with E-state index in [0.717, 1.165) is 54.0 Å². The lowest BCUT2D eigenvalue weighted by Gasteiger charge is -2.31. The first-order chi connectivity index (χ1) is 16.6. The molecule has 2 heterocycles. The van der Waals surface area contributed by atoms with Gasteiger partial charge in [0.25, 0.3) is 0 Å². The SMILES string of the molecule is CCc1ccc(NC(=O)[C@H]2CCCN(Cc3nc4ccccc4n3-c3ccc(F)cc3)C2)cc1. The minimum absolute atomic E-state index is 0.0664. The molecular weight excluding hydrogens is 427 g/mol. The first kappa shape index (κ1) is 22.3. The van der Waals surface area contributed by atoms with Crippen LogP contribution in [0.15, 0.2) is 72.8 Å². The Kier molecular flexibility index (Phi) is 6.41. The Bertz CT molecular complexity index is 1280. The molecule has 1 amide bonds. The first-order valence-corrected chi connectivity index (χ1v) is 11.9. The monoisotopic (exact) mass is 456 g/mol. The number of hydrogen-bond acceptors (Lipinski definition) is 3. The average molecular weight is 457 g/mol. The summed E-state index contributed by atoms with van der Waals surface area (Å²) in [4.78, 5) is 20.2. The molecule has 1 saturated heterocycles. The van der Waals surface area contributed by atoms with Crippen LogP contribution in [0.3, 0.4) is 0 Å². The largest absolute Gasteiger partial charge is 0.326 e. The molecule has 1 aromatic heterocycles. The topological polar surface area (TPSA) is 50.2 Å². The van der Waals surface area contributed by atoms with E-state index in [9.17, 15) is 9.18 Å². The normalized spacial score (nSPS) is 16.6. The summed E-state index contributed by atoms with van der Waals surface area (Å²) in [5, 5.41) is 3.09. The van der Waals surface area contributed by atoms with Gasteiger partial charge in [-0.2, -0.15) is 0 Å². The van der Waals surface area contributed by atoms with Crippen molar-refractivity contribution in [1.29, 1.82) is 0 Å². The molecule has 1 aliphatic heterocycles. The van der Waals surface area contributed by atoms with Gasteiger partial charge >= 0.3 is 0 Å². The summed E-state index contributed by atoms with van der Waals surface area (Å²) in [6, 6.07) is 22.6. The van der Waals surface area contributed by atoms with E-state index in [4.69, 9.17) is 4.98 Å². The Morgan fingerprint density at radius 3 is 2.59 bits per heavy atom. The Morgan fingerprint density at radius 1 is 1.06 bits per heavy atom. The van der Waals surface area contributed by atoms with Gasteiger partial charge in [-0.1, -0.05) is 31.2 Å². The highest BCUT2D eigenvalue weighted by Gasteiger charge is 2.27. The highest BCUT2D eigenvalue weighted by molar-refractivity contribution is 5.92. The summed E-state index contributed by atoms with van der Waals surface area (Å²) in [6.45, 7) is 4.35. The number of nitrogens with zero attached hydrogens (tertiary/aromatic N) is 3. The van der Waals surface area contributed by atoms with E-state index in [-0.39, 0.29) is 17.6 Å². The maximum absolute atomic E-state index is 13.6. The summed E-state index contributed by atoms with van der Waals surface area (Å²) in [5.74, 6) is 0.636. The van der Waals surface area contributed by atoms with Crippen molar-refractivity contribution in [2.75, 3.05) is 18.4 Å². The Morgan fingerprint density at radius 2 is 1.82 bits per heavy atom. The van der Waals surface area contributed by atoms with Gasteiger partial charge in [0, 0.05) is 17.9 Å². The van der Waals surface area contributed by atoms with Gasteiger partial charge in [-0.3, -0.25) is 14.3 Å². The van der Waals surface area contributed by atoms with Gasteiger partial charge in [0.05, 0.1) is 23.5 Å². The van der Waals surface area contributed by atoms with E-state index >= 15 is 0 Å². The fraction of sp³-hybridized carbons (Fsp3) is 0.286. The van der Waals surface area contributed by atoms with E-state index in [0.29, 0.717) is 13.1 Å². The molecule has 0 aliphatic carbocycles. The molecular formula is C28H29FN4O. The maximum Gasteiger partial charge on any atom is 0.228 e. The zero-order valence-corrected chi connectivity index (χ0v) is 19.4.